The van der Waals surface area contributed by atoms with E-state index in [0.717, 1.165) is 31.6 Å². The molecule has 0 atom stereocenters. The van der Waals surface area contributed by atoms with Crippen molar-refractivity contribution in [2.75, 3.05) is 23.7 Å². The van der Waals surface area contributed by atoms with Crippen molar-refractivity contribution in [3.8, 4) is 0 Å². The number of nitrogens with zero attached hydrogens (tertiary/aromatic N) is 4. The molecule has 0 radical (unpaired) electrons. The van der Waals surface area contributed by atoms with Crippen molar-refractivity contribution in [2.45, 2.75) is 19.8 Å². The second kappa shape index (κ2) is 7.09. The van der Waals surface area contributed by atoms with Crippen molar-refractivity contribution in [1.82, 2.24) is 19.7 Å². The maximum atomic E-state index is 6.08. The molecule has 0 bridgehead atoms. The molecule has 2 heterocycles. The van der Waals surface area contributed by atoms with Crippen molar-refractivity contribution >= 4 is 23.4 Å². The molecule has 2 aromatic heterocycles. The van der Waals surface area contributed by atoms with Gasteiger partial charge in [-0.15, -0.1) is 0 Å². The number of nitrogens with one attached hydrogen (secondary N) is 2. The molecule has 0 saturated carbocycles. The molecule has 7 heteroatoms. The Morgan fingerprint density at radius 3 is 2.85 bits per heavy atom. The minimum Gasteiger partial charge on any atom is -0.368 e. The highest BCUT2D eigenvalue weighted by atomic mass is 35.5. The predicted molar refractivity (Wildman–Crippen MR) is 81.2 cm³/mol. The standard InChI is InChI=1S/C13H19ClN6/c1-3-6-16-13-17-9-11(14)12(18-13)15-7-4-10-5-8-20(2)19-10/h5,8-9H,3-4,6-7H2,1-2H3,(H2,15,16,17,18). The lowest BCUT2D eigenvalue weighted by atomic mass is 10.3. The molecule has 0 fully saturated rings. The van der Waals surface area contributed by atoms with Crippen LogP contribution in [0.25, 0.3) is 0 Å². The SMILES string of the molecule is CCCNc1ncc(Cl)c(NCCc2ccn(C)n2)n1. The number of anilines is 2. The Labute approximate surface area is 123 Å². The van der Waals surface area contributed by atoms with Gasteiger partial charge in [-0.1, -0.05) is 18.5 Å². The molecule has 0 amide bonds. The fourth-order valence-electron chi connectivity index (χ4n) is 1.72. The highest BCUT2D eigenvalue weighted by Gasteiger charge is 2.05. The van der Waals surface area contributed by atoms with Gasteiger partial charge < -0.3 is 10.6 Å². The van der Waals surface area contributed by atoms with Gasteiger partial charge in [-0.05, 0) is 12.5 Å². The summed E-state index contributed by atoms with van der Waals surface area (Å²) in [6, 6.07) is 2.00. The molecule has 6 nitrogen and oxygen atoms in total. The van der Waals surface area contributed by atoms with Gasteiger partial charge in [0.25, 0.3) is 0 Å². The Bertz CT molecular complexity index is 554. The van der Waals surface area contributed by atoms with E-state index in [2.05, 4.69) is 32.6 Å². The normalized spacial score (nSPS) is 10.6. The first-order valence-corrected chi connectivity index (χ1v) is 7.05. The van der Waals surface area contributed by atoms with E-state index in [0.29, 0.717) is 16.8 Å². The summed E-state index contributed by atoms with van der Waals surface area (Å²) in [5, 5.41) is 11.2. The zero-order valence-corrected chi connectivity index (χ0v) is 12.5. The van der Waals surface area contributed by atoms with Crippen LogP contribution in [0.4, 0.5) is 11.8 Å². The molecule has 2 N–H and O–H groups in total. The van der Waals surface area contributed by atoms with Crippen molar-refractivity contribution in [2.24, 2.45) is 7.05 Å². The molecule has 0 spiro atoms. The Balaban J connectivity index is 1.90. The first-order chi connectivity index (χ1) is 9.69. The van der Waals surface area contributed by atoms with Crippen LogP contribution in [0.2, 0.25) is 5.02 Å². The number of aryl methyl sites for hydroxylation is 1. The zero-order chi connectivity index (χ0) is 14.4. The summed E-state index contributed by atoms with van der Waals surface area (Å²) in [7, 11) is 1.91. The van der Waals surface area contributed by atoms with E-state index >= 15 is 0 Å². The van der Waals surface area contributed by atoms with Gasteiger partial charge in [0, 0.05) is 32.8 Å². The Morgan fingerprint density at radius 2 is 2.15 bits per heavy atom. The molecule has 0 aliphatic heterocycles. The van der Waals surface area contributed by atoms with Crippen LogP contribution in [0.1, 0.15) is 19.0 Å². The van der Waals surface area contributed by atoms with Crippen molar-refractivity contribution in [3.63, 3.8) is 0 Å². The smallest absolute Gasteiger partial charge is 0.224 e. The first-order valence-electron chi connectivity index (χ1n) is 6.68. The van der Waals surface area contributed by atoms with E-state index in [1.54, 1.807) is 10.9 Å². The maximum absolute atomic E-state index is 6.08. The lowest BCUT2D eigenvalue weighted by molar-refractivity contribution is 0.742. The van der Waals surface area contributed by atoms with E-state index in [-0.39, 0.29) is 0 Å². The molecule has 0 saturated heterocycles. The fourth-order valence-corrected chi connectivity index (χ4v) is 1.88. The number of hydrogen-bond donors (Lipinski definition) is 2. The molecular formula is C13H19ClN6. The minimum atomic E-state index is 0.521. The van der Waals surface area contributed by atoms with Gasteiger partial charge in [-0.2, -0.15) is 10.1 Å². The fraction of sp³-hybridized carbons (Fsp3) is 0.462. The Hall–Kier alpha value is -1.82. The van der Waals surface area contributed by atoms with Gasteiger partial charge >= 0.3 is 0 Å². The Kier molecular flexibility index (Phi) is 5.17. The van der Waals surface area contributed by atoms with Crippen LogP contribution < -0.4 is 10.6 Å². The van der Waals surface area contributed by atoms with Crippen molar-refractivity contribution < 1.29 is 0 Å². The summed E-state index contributed by atoms with van der Waals surface area (Å²) < 4.78 is 1.79. The number of rotatable bonds is 7. The first kappa shape index (κ1) is 14.6. The third-order valence-electron chi connectivity index (χ3n) is 2.72. The van der Waals surface area contributed by atoms with Gasteiger partial charge in [0.15, 0.2) is 0 Å². The van der Waals surface area contributed by atoms with E-state index in [1.165, 1.54) is 0 Å². The second-order valence-electron chi connectivity index (χ2n) is 4.47. The second-order valence-corrected chi connectivity index (χ2v) is 4.88. The molecule has 20 heavy (non-hydrogen) atoms. The largest absolute Gasteiger partial charge is 0.368 e. The van der Waals surface area contributed by atoms with E-state index in [4.69, 9.17) is 11.6 Å². The van der Waals surface area contributed by atoms with Crippen LogP contribution in [0, 0.1) is 0 Å². The van der Waals surface area contributed by atoms with Gasteiger partial charge in [0.1, 0.15) is 10.8 Å². The molecule has 2 aromatic rings. The summed E-state index contributed by atoms with van der Waals surface area (Å²) in [4.78, 5) is 8.49. The molecule has 0 aliphatic rings. The highest BCUT2D eigenvalue weighted by molar-refractivity contribution is 6.32. The van der Waals surface area contributed by atoms with Gasteiger partial charge in [0.05, 0.1) is 11.9 Å². The minimum absolute atomic E-state index is 0.521. The molecular weight excluding hydrogens is 276 g/mol. The average molecular weight is 295 g/mol. The molecule has 0 aromatic carbocycles. The number of halogens is 1. The van der Waals surface area contributed by atoms with E-state index < -0.39 is 0 Å². The summed E-state index contributed by atoms with van der Waals surface area (Å²) in [6.45, 7) is 3.66. The van der Waals surface area contributed by atoms with Gasteiger partial charge in [-0.3, -0.25) is 4.68 Å². The average Bonchev–Trinajstić information content (AvgIpc) is 2.85. The van der Waals surface area contributed by atoms with E-state index in [1.807, 2.05) is 19.3 Å². The van der Waals surface area contributed by atoms with Crippen LogP contribution in [0.15, 0.2) is 18.5 Å². The number of aromatic nitrogens is 4. The molecule has 2 rings (SSSR count). The lowest BCUT2D eigenvalue weighted by Crippen LogP contribution is -2.10. The summed E-state index contributed by atoms with van der Waals surface area (Å²) >= 11 is 6.08. The maximum Gasteiger partial charge on any atom is 0.224 e. The quantitative estimate of drug-likeness (QED) is 0.820. The topological polar surface area (TPSA) is 67.7 Å². The van der Waals surface area contributed by atoms with Crippen molar-refractivity contribution in [1.29, 1.82) is 0 Å². The van der Waals surface area contributed by atoms with Crippen molar-refractivity contribution in [3.05, 3.63) is 29.2 Å². The summed E-state index contributed by atoms with van der Waals surface area (Å²) in [5.74, 6) is 1.24. The van der Waals surface area contributed by atoms with Crippen LogP contribution in [0.3, 0.4) is 0 Å². The van der Waals surface area contributed by atoms with Gasteiger partial charge in [-0.25, -0.2) is 4.98 Å². The third-order valence-corrected chi connectivity index (χ3v) is 3.00. The van der Waals surface area contributed by atoms with E-state index in [9.17, 15) is 0 Å². The highest BCUT2D eigenvalue weighted by Crippen LogP contribution is 2.19. The predicted octanol–water partition coefficient (Wildman–Crippen LogP) is 2.34. The lowest BCUT2D eigenvalue weighted by Gasteiger charge is -2.09. The molecule has 0 unspecified atom stereocenters. The van der Waals surface area contributed by atoms with Crippen LogP contribution >= 0.6 is 11.6 Å². The molecule has 0 aliphatic carbocycles. The van der Waals surface area contributed by atoms with Crippen LogP contribution in [-0.4, -0.2) is 32.8 Å². The third kappa shape index (κ3) is 4.09. The van der Waals surface area contributed by atoms with Gasteiger partial charge in [0.2, 0.25) is 5.95 Å². The number of hydrogen-bond acceptors (Lipinski definition) is 5. The van der Waals surface area contributed by atoms with Crippen LogP contribution in [-0.2, 0) is 13.5 Å². The molecule has 108 valence electrons. The zero-order valence-electron chi connectivity index (χ0n) is 11.7. The Morgan fingerprint density at radius 1 is 1.30 bits per heavy atom. The monoisotopic (exact) mass is 294 g/mol. The van der Waals surface area contributed by atoms with Crippen LogP contribution in [0.5, 0.6) is 0 Å². The summed E-state index contributed by atoms with van der Waals surface area (Å²) in [5.41, 5.74) is 1.04. The summed E-state index contributed by atoms with van der Waals surface area (Å²) in [6.07, 6.45) is 5.38.